The first kappa shape index (κ1) is 16.1. The summed E-state index contributed by atoms with van der Waals surface area (Å²) in [6.45, 7) is 8.15. The molecule has 6 heteroatoms. The van der Waals surface area contributed by atoms with Crippen molar-refractivity contribution in [3.8, 4) is 0 Å². The molecule has 0 aliphatic rings. The number of nitrogens with one attached hydrogen (secondary N) is 1. The summed E-state index contributed by atoms with van der Waals surface area (Å²) in [4.78, 5) is 11.9. The Labute approximate surface area is 123 Å². The van der Waals surface area contributed by atoms with Gasteiger partial charge in [0, 0.05) is 6.04 Å². The molecule has 0 radical (unpaired) electrons. The van der Waals surface area contributed by atoms with Crippen molar-refractivity contribution in [2.45, 2.75) is 32.9 Å². The highest BCUT2D eigenvalue weighted by Crippen LogP contribution is 2.17. The molecule has 0 spiro atoms. The van der Waals surface area contributed by atoms with E-state index in [1.165, 1.54) is 4.68 Å². The molecule has 0 saturated carbocycles. The molecule has 0 amide bonds. The minimum Gasteiger partial charge on any atom is -0.380 e. The van der Waals surface area contributed by atoms with Gasteiger partial charge in [0.2, 0.25) is 0 Å². The Morgan fingerprint density at radius 1 is 1.68 bits per heavy atom. The lowest BCUT2D eigenvalue weighted by Gasteiger charge is -2.16. The monoisotopic (exact) mass is 301 g/mol. The van der Waals surface area contributed by atoms with Crippen molar-refractivity contribution >= 4 is 29.1 Å². The fourth-order valence-corrected chi connectivity index (χ4v) is 2.57. The number of anilines is 1. The van der Waals surface area contributed by atoms with Crippen LogP contribution >= 0.6 is 23.4 Å². The third-order valence-corrected chi connectivity index (χ3v) is 3.89. The van der Waals surface area contributed by atoms with Crippen LogP contribution in [0.5, 0.6) is 0 Å². The van der Waals surface area contributed by atoms with Crippen molar-refractivity contribution in [1.29, 1.82) is 0 Å². The molecule has 1 atom stereocenters. The zero-order valence-corrected chi connectivity index (χ0v) is 12.9. The first-order valence-electron chi connectivity index (χ1n) is 6.31. The lowest BCUT2D eigenvalue weighted by molar-refractivity contribution is 0.651. The number of hydrogen-bond acceptors (Lipinski definition) is 4. The van der Waals surface area contributed by atoms with Gasteiger partial charge in [-0.05, 0) is 24.9 Å². The van der Waals surface area contributed by atoms with Gasteiger partial charge in [0.05, 0.1) is 18.4 Å². The highest BCUT2D eigenvalue weighted by Gasteiger charge is 2.10. The van der Waals surface area contributed by atoms with E-state index < -0.39 is 0 Å². The Bertz CT molecular complexity index is 475. The number of hydrogen-bond donors (Lipinski definition) is 1. The van der Waals surface area contributed by atoms with E-state index in [1.807, 2.05) is 11.8 Å². The summed E-state index contributed by atoms with van der Waals surface area (Å²) in [5.41, 5.74) is 0.308. The van der Waals surface area contributed by atoms with Gasteiger partial charge in [-0.1, -0.05) is 24.6 Å². The maximum Gasteiger partial charge on any atom is 0.287 e. The standard InChI is InChI=1S/C13H20ClN3OS/c1-4-7-17-13(18)12(14)11(9-15-17)16-10(3)6-8-19-5-2/h4,9-10,16H,1,5-8H2,2-3H3. The van der Waals surface area contributed by atoms with Crippen molar-refractivity contribution in [1.82, 2.24) is 9.78 Å². The maximum absolute atomic E-state index is 11.9. The number of thioether (sulfide) groups is 1. The van der Waals surface area contributed by atoms with Gasteiger partial charge in [0.1, 0.15) is 5.02 Å². The minimum atomic E-state index is -0.290. The van der Waals surface area contributed by atoms with Crippen molar-refractivity contribution in [3.05, 3.63) is 34.2 Å². The predicted molar refractivity (Wildman–Crippen MR) is 84.4 cm³/mol. The third-order valence-electron chi connectivity index (χ3n) is 2.59. The number of nitrogens with zero attached hydrogens (tertiary/aromatic N) is 2. The normalized spacial score (nSPS) is 12.2. The summed E-state index contributed by atoms with van der Waals surface area (Å²) >= 11 is 7.96. The Morgan fingerprint density at radius 3 is 3.05 bits per heavy atom. The van der Waals surface area contributed by atoms with Crippen LogP contribution in [0.4, 0.5) is 5.69 Å². The molecule has 0 aromatic carbocycles. The van der Waals surface area contributed by atoms with Gasteiger partial charge in [0.15, 0.2) is 0 Å². The average Bonchev–Trinajstić information content (AvgIpc) is 2.39. The fourth-order valence-electron chi connectivity index (χ4n) is 1.56. The molecule has 1 rings (SSSR count). The second-order valence-electron chi connectivity index (χ2n) is 4.18. The Hall–Kier alpha value is -0.940. The predicted octanol–water partition coefficient (Wildman–Crippen LogP) is 3.03. The summed E-state index contributed by atoms with van der Waals surface area (Å²) in [6.07, 6.45) is 4.23. The molecule has 0 aliphatic heterocycles. The summed E-state index contributed by atoms with van der Waals surface area (Å²) in [5.74, 6) is 2.20. The lowest BCUT2D eigenvalue weighted by Crippen LogP contribution is -2.25. The minimum absolute atomic E-state index is 0.187. The molecule has 0 aliphatic carbocycles. The molecule has 0 saturated heterocycles. The summed E-state index contributed by atoms with van der Waals surface area (Å²) in [7, 11) is 0. The molecule has 1 heterocycles. The van der Waals surface area contributed by atoms with E-state index in [1.54, 1.807) is 12.3 Å². The van der Waals surface area contributed by atoms with E-state index in [4.69, 9.17) is 11.6 Å². The van der Waals surface area contributed by atoms with E-state index in [0.29, 0.717) is 12.2 Å². The number of halogens is 1. The molecule has 4 nitrogen and oxygen atoms in total. The summed E-state index contributed by atoms with van der Waals surface area (Å²) in [6, 6.07) is 0.257. The van der Waals surface area contributed by atoms with Gasteiger partial charge in [-0.15, -0.1) is 6.58 Å². The molecule has 1 aromatic rings. The number of aromatic nitrogens is 2. The summed E-state index contributed by atoms with van der Waals surface area (Å²) in [5, 5.41) is 7.48. The quantitative estimate of drug-likeness (QED) is 0.592. The maximum atomic E-state index is 11.9. The molecule has 0 fully saturated rings. The molecule has 0 bridgehead atoms. The van der Waals surface area contributed by atoms with Crippen molar-refractivity contribution in [2.75, 3.05) is 16.8 Å². The Kier molecular flexibility index (Phi) is 7.02. The van der Waals surface area contributed by atoms with Crippen LogP contribution in [-0.2, 0) is 6.54 Å². The molecule has 1 N–H and O–H groups in total. The Balaban J connectivity index is 2.71. The SMILES string of the molecule is C=CCn1ncc(NC(C)CCSCC)c(Cl)c1=O. The molecule has 106 valence electrons. The first-order chi connectivity index (χ1) is 9.10. The van der Waals surface area contributed by atoms with E-state index in [9.17, 15) is 4.79 Å². The molecule has 1 aromatic heterocycles. The van der Waals surface area contributed by atoms with Crippen LogP contribution in [0.15, 0.2) is 23.6 Å². The second kappa shape index (κ2) is 8.27. The molecule has 1 unspecified atom stereocenters. The highest BCUT2D eigenvalue weighted by atomic mass is 35.5. The van der Waals surface area contributed by atoms with Crippen LogP contribution in [0, 0.1) is 0 Å². The van der Waals surface area contributed by atoms with E-state index in [-0.39, 0.29) is 16.6 Å². The van der Waals surface area contributed by atoms with Gasteiger partial charge in [-0.3, -0.25) is 4.79 Å². The van der Waals surface area contributed by atoms with Crippen LogP contribution in [0.2, 0.25) is 5.02 Å². The topological polar surface area (TPSA) is 46.9 Å². The smallest absolute Gasteiger partial charge is 0.287 e. The molecule has 19 heavy (non-hydrogen) atoms. The zero-order valence-electron chi connectivity index (χ0n) is 11.4. The van der Waals surface area contributed by atoms with Crippen LogP contribution in [0.25, 0.3) is 0 Å². The van der Waals surface area contributed by atoms with Crippen molar-refractivity contribution < 1.29 is 0 Å². The Morgan fingerprint density at radius 2 is 2.42 bits per heavy atom. The fraction of sp³-hybridized carbons (Fsp3) is 0.538. The largest absolute Gasteiger partial charge is 0.380 e. The lowest BCUT2D eigenvalue weighted by atomic mass is 10.2. The first-order valence-corrected chi connectivity index (χ1v) is 7.84. The van der Waals surface area contributed by atoms with Gasteiger partial charge < -0.3 is 5.32 Å². The second-order valence-corrected chi connectivity index (χ2v) is 5.95. The third kappa shape index (κ3) is 4.91. The van der Waals surface area contributed by atoms with E-state index >= 15 is 0 Å². The number of allylic oxidation sites excluding steroid dienone is 1. The van der Waals surface area contributed by atoms with E-state index in [0.717, 1.165) is 17.9 Å². The van der Waals surface area contributed by atoms with Crippen LogP contribution in [0.3, 0.4) is 0 Å². The van der Waals surface area contributed by atoms with Crippen LogP contribution < -0.4 is 10.9 Å². The van der Waals surface area contributed by atoms with E-state index in [2.05, 4.69) is 30.8 Å². The van der Waals surface area contributed by atoms with Gasteiger partial charge in [0.25, 0.3) is 5.56 Å². The van der Waals surface area contributed by atoms with Gasteiger partial charge >= 0.3 is 0 Å². The molecular weight excluding hydrogens is 282 g/mol. The summed E-state index contributed by atoms with van der Waals surface area (Å²) < 4.78 is 1.29. The van der Waals surface area contributed by atoms with Crippen LogP contribution in [0.1, 0.15) is 20.3 Å². The highest BCUT2D eigenvalue weighted by molar-refractivity contribution is 7.99. The van der Waals surface area contributed by atoms with Gasteiger partial charge in [-0.2, -0.15) is 16.9 Å². The zero-order chi connectivity index (χ0) is 14.3. The molecular formula is C13H20ClN3OS. The van der Waals surface area contributed by atoms with Gasteiger partial charge in [-0.25, -0.2) is 4.68 Å². The number of rotatable bonds is 8. The van der Waals surface area contributed by atoms with Crippen molar-refractivity contribution in [3.63, 3.8) is 0 Å². The van der Waals surface area contributed by atoms with Crippen LogP contribution in [-0.4, -0.2) is 27.3 Å². The average molecular weight is 302 g/mol. The van der Waals surface area contributed by atoms with Crippen molar-refractivity contribution in [2.24, 2.45) is 0 Å².